The minimum Gasteiger partial charge on any atom is -0.507 e. The Morgan fingerprint density at radius 3 is 2.67 bits per heavy atom. The van der Waals surface area contributed by atoms with Crippen molar-refractivity contribution in [3.05, 3.63) is 88.1 Å². The molecule has 3 N–H and O–H groups in total. The zero-order chi connectivity index (χ0) is 25.4. The number of halogens is 2. The van der Waals surface area contributed by atoms with Crippen molar-refractivity contribution < 1.29 is 14.3 Å². The van der Waals surface area contributed by atoms with E-state index in [9.17, 15) is 9.90 Å². The van der Waals surface area contributed by atoms with E-state index in [-0.39, 0.29) is 16.6 Å². The molecule has 10 heteroatoms. The fourth-order valence-electron chi connectivity index (χ4n) is 3.62. The molecule has 5 rings (SSSR count). The summed E-state index contributed by atoms with van der Waals surface area (Å²) in [4.78, 5) is 17.3. The maximum Gasteiger partial charge on any atom is 0.293 e. The number of carbonyl (C=O) groups excluding carboxylic acids is 1. The highest BCUT2D eigenvalue weighted by atomic mass is 35.5. The summed E-state index contributed by atoms with van der Waals surface area (Å²) in [5, 5.41) is 18.0. The molecule has 36 heavy (non-hydrogen) atoms. The maximum absolute atomic E-state index is 12.7. The Hall–Kier alpha value is -3.43. The topological polar surface area (TPSA) is 87.4 Å². The van der Waals surface area contributed by atoms with Crippen LogP contribution in [0.25, 0.3) is 32.1 Å². The third-order valence-electron chi connectivity index (χ3n) is 5.33. The molecule has 5 aromatic rings. The van der Waals surface area contributed by atoms with Crippen LogP contribution in [-0.4, -0.2) is 21.1 Å². The number of para-hydroxylation sites is 1. The first kappa shape index (κ1) is 24.3. The molecule has 2 heterocycles. The van der Waals surface area contributed by atoms with Crippen LogP contribution in [0.5, 0.6) is 5.75 Å². The summed E-state index contributed by atoms with van der Waals surface area (Å²) >= 11 is 19.1. The highest BCUT2D eigenvalue weighted by molar-refractivity contribution is 7.80. The van der Waals surface area contributed by atoms with Crippen molar-refractivity contribution in [3.63, 3.8) is 0 Å². The van der Waals surface area contributed by atoms with E-state index in [1.807, 2.05) is 24.3 Å². The number of phenolic OH excluding ortho intramolecular Hbond substituents is 1. The molecule has 0 saturated heterocycles. The summed E-state index contributed by atoms with van der Waals surface area (Å²) < 4.78 is 6.69. The monoisotopic (exact) mass is 553 g/mol. The number of aromatic nitrogens is 1. The smallest absolute Gasteiger partial charge is 0.293 e. The highest BCUT2D eigenvalue weighted by Gasteiger charge is 2.17. The van der Waals surface area contributed by atoms with E-state index in [1.54, 1.807) is 43.3 Å². The number of benzene rings is 3. The van der Waals surface area contributed by atoms with Crippen LogP contribution in [0.15, 0.2) is 71.1 Å². The second-order valence-corrected chi connectivity index (χ2v) is 10.2. The number of hydrogen-bond acceptors (Lipinski definition) is 6. The van der Waals surface area contributed by atoms with Crippen molar-refractivity contribution in [2.45, 2.75) is 6.92 Å². The van der Waals surface area contributed by atoms with E-state index in [0.29, 0.717) is 43.2 Å². The number of anilines is 1. The number of fused-ring (bicyclic) bond motifs is 1. The molecule has 0 saturated carbocycles. The Bertz CT molecular complexity index is 1610. The number of thiocarbonyl (C=S) groups is 1. The summed E-state index contributed by atoms with van der Waals surface area (Å²) in [6, 6.07) is 19.4. The van der Waals surface area contributed by atoms with Crippen LogP contribution in [-0.2, 0) is 0 Å². The van der Waals surface area contributed by atoms with Gasteiger partial charge in [-0.2, -0.15) is 0 Å². The normalized spacial score (nSPS) is 11.0. The third-order valence-corrected chi connectivity index (χ3v) is 7.17. The Balaban J connectivity index is 1.33. The summed E-state index contributed by atoms with van der Waals surface area (Å²) in [6.45, 7) is 1.78. The number of carbonyl (C=O) groups is 1. The molecule has 0 aliphatic carbocycles. The van der Waals surface area contributed by atoms with Crippen LogP contribution < -0.4 is 10.6 Å². The minimum atomic E-state index is -0.529. The van der Waals surface area contributed by atoms with Gasteiger partial charge in [-0.1, -0.05) is 35.3 Å². The van der Waals surface area contributed by atoms with Gasteiger partial charge < -0.3 is 14.8 Å². The lowest BCUT2D eigenvalue weighted by atomic mass is 10.1. The van der Waals surface area contributed by atoms with E-state index in [2.05, 4.69) is 15.6 Å². The molecule has 6 nitrogen and oxygen atoms in total. The molecule has 2 aromatic heterocycles. The van der Waals surface area contributed by atoms with E-state index < -0.39 is 5.91 Å². The highest BCUT2D eigenvalue weighted by Crippen LogP contribution is 2.39. The van der Waals surface area contributed by atoms with Gasteiger partial charge >= 0.3 is 0 Å². The van der Waals surface area contributed by atoms with Crippen molar-refractivity contribution in [1.29, 1.82) is 0 Å². The van der Waals surface area contributed by atoms with Crippen LogP contribution in [0.3, 0.4) is 0 Å². The first-order valence-electron chi connectivity index (χ1n) is 10.7. The summed E-state index contributed by atoms with van der Waals surface area (Å²) in [5.74, 6) is 0.0690. The molecule has 0 aliphatic rings. The fraction of sp³-hybridized carbons (Fsp3) is 0.0385. The second-order valence-electron chi connectivity index (χ2n) is 7.87. The lowest BCUT2D eigenvalue weighted by molar-refractivity contribution is 0.0951. The molecular formula is C26H17Cl2N3O3S2. The number of amides is 1. The number of phenols is 1. The third kappa shape index (κ3) is 4.94. The summed E-state index contributed by atoms with van der Waals surface area (Å²) in [6.07, 6.45) is 0. The zero-order valence-electron chi connectivity index (χ0n) is 18.6. The molecule has 0 spiro atoms. The molecule has 0 aliphatic heterocycles. The lowest BCUT2D eigenvalue weighted by Crippen LogP contribution is -2.33. The van der Waals surface area contributed by atoms with E-state index in [0.717, 1.165) is 10.2 Å². The average molecular weight is 554 g/mol. The molecule has 0 fully saturated rings. The number of aromatic hydroxyl groups is 1. The number of furan rings is 1. The van der Waals surface area contributed by atoms with Crippen LogP contribution >= 0.6 is 46.8 Å². The van der Waals surface area contributed by atoms with Gasteiger partial charge in [-0.3, -0.25) is 10.1 Å². The minimum absolute atomic E-state index is 0.0576. The Labute approximate surface area is 225 Å². The first-order chi connectivity index (χ1) is 17.3. The Morgan fingerprint density at radius 1 is 1.06 bits per heavy atom. The van der Waals surface area contributed by atoms with Crippen molar-refractivity contribution in [2.75, 3.05) is 5.32 Å². The summed E-state index contributed by atoms with van der Waals surface area (Å²) in [5.41, 5.74) is 3.23. The van der Waals surface area contributed by atoms with Gasteiger partial charge in [-0.25, -0.2) is 4.98 Å². The standard InChI is InChI=1S/C26H17Cl2N3O3S2/c1-13-10-15(12-17(23(13)32)25-30-19-4-2-3-5-22(19)36-25)29-26(35)31-24(33)21-9-8-20(34-21)16-11-14(27)6-7-18(16)28/h2-12,32H,1H3,(H2,29,31,33,35). The van der Waals surface area contributed by atoms with Crippen LogP contribution in [0.2, 0.25) is 10.0 Å². The van der Waals surface area contributed by atoms with E-state index in [1.165, 1.54) is 17.4 Å². The van der Waals surface area contributed by atoms with Gasteiger partial charge in [0.1, 0.15) is 16.5 Å². The Kier molecular flexibility index (Phi) is 6.68. The summed E-state index contributed by atoms with van der Waals surface area (Å²) in [7, 11) is 0. The number of hydrogen-bond donors (Lipinski definition) is 3. The maximum atomic E-state index is 12.7. The zero-order valence-corrected chi connectivity index (χ0v) is 21.8. The van der Waals surface area contributed by atoms with Crippen molar-refractivity contribution in [1.82, 2.24) is 10.3 Å². The molecule has 0 unspecified atom stereocenters. The van der Waals surface area contributed by atoms with Crippen molar-refractivity contribution in [2.24, 2.45) is 0 Å². The molecule has 3 aromatic carbocycles. The Morgan fingerprint density at radius 2 is 1.86 bits per heavy atom. The predicted octanol–water partition coefficient (Wildman–Crippen LogP) is 7.67. The quantitative estimate of drug-likeness (QED) is 0.156. The molecule has 0 atom stereocenters. The molecule has 0 radical (unpaired) electrons. The predicted molar refractivity (Wildman–Crippen MR) is 149 cm³/mol. The molecular weight excluding hydrogens is 537 g/mol. The van der Waals surface area contributed by atoms with Gasteiger partial charge in [0.2, 0.25) is 0 Å². The van der Waals surface area contributed by atoms with Gasteiger partial charge in [0.15, 0.2) is 10.9 Å². The number of rotatable bonds is 4. The number of nitrogens with zero attached hydrogens (tertiary/aromatic N) is 1. The van der Waals surface area contributed by atoms with Crippen molar-refractivity contribution >= 4 is 73.7 Å². The van der Waals surface area contributed by atoms with Crippen LogP contribution in [0.4, 0.5) is 5.69 Å². The van der Waals surface area contributed by atoms with Gasteiger partial charge in [0, 0.05) is 16.3 Å². The van der Waals surface area contributed by atoms with Gasteiger partial charge in [-0.05, 0) is 79.3 Å². The molecule has 0 bridgehead atoms. The molecule has 180 valence electrons. The first-order valence-corrected chi connectivity index (χ1v) is 12.6. The van der Waals surface area contributed by atoms with E-state index in [4.69, 9.17) is 39.8 Å². The number of nitrogens with one attached hydrogen (secondary N) is 2. The van der Waals surface area contributed by atoms with E-state index >= 15 is 0 Å². The van der Waals surface area contributed by atoms with Gasteiger partial charge in [0.05, 0.1) is 20.8 Å². The number of thiazole rings is 1. The van der Waals surface area contributed by atoms with Gasteiger partial charge in [-0.15, -0.1) is 11.3 Å². The van der Waals surface area contributed by atoms with Gasteiger partial charge in [0.25, 0.3) is 5.91 Å². The molecule has 1 amide bonds. The van der Waals surface area contributed by atoms with Crippen molar-refractivity contribution in [3.8, 4) is 27.6 Å². The lowest BCUT2D eigenvalue weighted by Gasteiger charge is -2.12. The largest absolute Gasteiger partial charge is 0.507 e. The number of aryl methyl sites for hydroxylation is 1. The second kappa shape index (κ2) is 9.91. The average Bonchev–Trinajstić information content (AvgIpc) is 3.50. The van der Waals surface area contributed by atoms with Crippen LogP contribution in [0.1, 0.15) is 16.1 Å². The SMILES string of the molecule is Cc1cc(NC(=S)NC(=O)c2ccc(-c3cc(Cl)ccc3Cl)o2)cc(-c2nc3ccccc3s2)c1O. The fourth-order valence-corrected chi connectivity index (χ4v) is 5.20. The van der Waals surface area contributed by atoms with Crippen LogP contribution in [0, 0.1) is 6.92 Å².